The summed E-state index contributed by atoms with van der Waals surface area (Å²) in [5.74, 6) is 0.248. The van der Waals surface area contributed by atoms with E-state index in [0.29, 0.717) is 24.4 Å². The summed E-state index contributed by atoms with van der Waals surface area (Å²) in [6.07, 6.45) is -0.633. The summed E-state index contributed by atoms with van der Waals surface area (Å²) in [6.45, 7) is 2.82. The Balaban J connectivity index is 1.75. The van der Waals surface area contributed by atoms with Gasteiger partial charge in [0.05, 0.1) is 31.9 Å². The second-order valence-electron chi connectivity index (χ2n) is 5.20. The minimum absolute atomic E-state index is 0.0683. The summed E-state index contributed by atoms with van der Waals surface area (Å²) in [5, 5.41) is 11.7. The first-order valence-corrected chi connectivity index (χ1v) is 7.05. The molecule has 1 aromatic rings. The van der Waals surface area contributed by atoms with Crippen molar-refractivity contribution >= 4 is 12.0 Å². The van der Waals surface area contributed by atoms with Gasteiger partial charge in [-0.3, -0.25) is 0 Å². The molecule has 1 aromatic carbocycles. The van der Waals surface area contributed by atoms with E-state index >= 15 is 0 Å². The van der Waals surface area contributed by atoms with E-state index in [1.54, 1.807) is 36.1 Å². The summed E-state index contributed by atoms with van der Waals surface area (Å²) < 4.78 is 10.3. The van der Waals surface area contributed by atoms with Crippen molar-refractivity contribution in [1.29, 1.82) is 0 Å². The molecule has 1 heterocycles. The van der Waals surface area contributed by atoms with E-state index in [9.17, 15) is 9.59 Å². The molecule has 1 atom stereocenters. The van der Waals surface area contributed by atoms with Gasteiger partial charge in [0.25, 0.3) is 0 Å². The van der Waals surface area contributed by atoms with E-state index < -0.39 is 12.1 Å². The van der Waals surface area contributed by atoms with Crippen molar-refractivity contribution in [2.45, 2.75) is 19.1 Å². The number of carbonyl (C=O) groups excluding carboxylic acids is 2. The van der Waals surface area contributed by atoms with Crippen LogP contribution in [-0.2, 0) is 4.74 Å². The Morgan fingerprint density at radius 1 is 1.36 bits per heavy atom. The number of rotatable bonds is 5. The minimum atomic E-state index is -0.564. The first kappa shape index (κ1) is 16.1. The molecule has 7 nitrogen and oxygen atoms in total. The van der Waals surface area contributed by atoms with Crippen LogP contribution < -0.4 is 10.1 Å². The first-order valence-electron chi connectivity index (χ1n) is 7.05. The summed E-state index contributed by atoms with van der Waals surface area (Å²) in [5.41, 5.74) is 0.461. The molecule has 1 aliphatic heterocycles. The van der Waals surface area contributed by atoms with Gasteiger partial charge < -0.3 is 24.8 Å². The van der Waals surface area contributed by atoms with Crippen molar-refractivity contribution in [2.24, 2.45) is 0 Å². The molecule has 1 saturated heterocycles. The number of nitrogens with zero attached hydrogens (tertiary/aromatic N) is 1. The summed E-state index contributed by atoms with van der Waals surface area (Å²) >= 11 is 0. The highest BCUT2D eigenvalue weighted by Gasteiger charge is 2.32. The van der Waals surface area contributed by atoms with E-state index in [2.05, 4.69) is 10.1 Å². The number of amides is 2. The zero-order valence-electron chi connectivity index (χ0n) is 12.6. The van der Waals surface area contributed by atoms with Crippen molar-refractivity contribution < 1.29 is 24.2 Å². The molecule has 0 saturated carbocycles. The maximum absolute atomic E-state index is 11.7. The van der Waals surface area contributed by atoms with Gasteiger partial charge in [-0.25, -0.2) is 9.59 Å². The van der Waals surface area contributed by atoms with Crippen molar-refractivity contribution in [3.63, 3.8) is 0 Å². The largest absolute Gasteiger partial charge is 0.487 e. The number of nitrogens with one attached hydrogen (secondary N) is 1. The van der Waals surface area contributed by atoms with Crippen molar-refractivity contribution in [3.8, 4) is 5.75 Å². The minimum Gasteiger partial charge on any atom is -0.487 e. The number of urea groups is 1. The molecule has 2 amide bonds. The Kier molecular flexibility index (Phi) is 5.21. The molecule has 2 rings (SSSR count). The lowest BCUT2D eigenvalue weighted by molar-refractivity contribution is 0.0432. The van der Waals surface area contributed by atoms with Gasteiger partial charge in [-0.2, -0.15) is 0 Å². The molecule has 2 N–H and O–H groups in total. The van der Waals surface area contributed by atoms with Gasteiger partial charge in [0, 0.05) is 6.54 Å². The number of aliphatic hydroxyl groups excluding tert-OH is 1. The number of hydrogen-bond donors (Lipinski definition) is 2. The highest BCUT2D eigenvalue weighted by Crippen LogP contribution is 2.19. The molecule has 7 heteroatoms. The third kappa shape index (κ3) is 4.11. The van der Waals surface area contributed by atoms with E-state index in [4.69, 9.17) is 9.84 Å². The van der Waals surface area contributed by atoms with Crippen molar-refractivity contribution in [2.75, 3.05) is 26.7 Å². The number of carbonyl (C=O) groups is 2. The summed E-state index contributed by atoms with van der Waals surface area (Å²) in [6, 6.07) is 6.45. The molecule has 0 unspecified atom stereocenters. The molecule has 1 fully saturated rings. The molecule has 22 heavy (non-hydrogen) atoms. The summed E-state index contributed by atoms with van der Waals surface area (Å²) in [4.78, 5) is 24.6. The fourth-order valence-electron chi connectivity index (χ4n) is 2.01. The lowest BCUT2D eigenvalue weighted by Gasteiger charge is -2.38. The van der Waals surface area contributed by atoms with Crippen LogP contribution in [0, 0.1) is 0 Å². The Labute approximate surface area is 128 Å². The maximum Gasteiger partial charge on any atom is 0.337 e. The van der Waals surface area contributed by atoms with E-state index in [0.717, 1.165) is 0 Å². The maximum atomic E-state index is 11.7. The third-order valence-corrected chi connectivity index (χ3v) is 3.26. The van der Waals surface area contributed by atoms with Crippen molar-refractivity contribution in [1.82, 2.24) is 10.2 Å². The van der Waals surface area contributed by atoms with E-state index in [1.165, 1.54) is 7.11 Å². The zero-order valence-corrected chi connectivity index (χ0v) is 12.6. The van der Waals surface area contributed by atoms with Crippen LogP contribution in [-0.4, -0.2) is 61.0 Å². The summed E-state index contributed by atoms with van der Waals surface area (Å²) in [7, 11) is 1.33. The van der Waals surface area contributed by atoms with Gasteiger partial charge in [0.15, 0.2) is 0 Å². The SMILES string of the molecule is COC(=O)c1ccc(OC2CN(C(=O)NC[C@@H](C)O)C2)cc1. The Morgan fingerprint density at radius 3 is 2.55 bits per heavy atom. The molecule has 0 spiro atoms. The number of esters is 1. The molecule has 0 aromatic heterocycles. The lowest BCUT2D eigenvalue weighted by atomic mass is 10.1. The van der Waals surface area contributed by atoms with Gasteiger partial charge in [-0.1, -0.05) is 0 Å². The molecule has 120 valence electrons. The van der Waals surface area contributed by atoms with Crippen LogP contribution in [0.4, 0.5) is 4.79 Å². The first-order chi connectivity index (χ1) is 10.5. The second-order valence-corrected chi connectivity index (χ2v) is 5.20. The lowest BCUT2D eigenvalue weighted by Crippen LogP contribution is -2.59. The topological polar surface area (TPSA) is 88.1 Å². The van der Waals surface area contributed by atoms with Crippen LogP contribution in [0.25, 0.3) is 0 Å². The van der Waals surface area contributed by atoms with Crippen LogP contribution in [0.5, 0.6) is 5.75 Å². The van der Waals surface area contributed by atoms with Gasteiger partial charge in [0.1, 0.15) is 11.9 Å². The van der Waals surface area contributed by atoms with Gasteiger partial charge in [-0.05, 0) is 31.2 Å². The Bertz CT molecular complexity index is 523. The van der Waals surface area contributed by atoms with Crippen LogP contribution >= 0.6 is 0 Å². The van der Waals surface area contributed by atoms with Gasteiger partial charge >= 0.3 is 12.0 Å². The van der Waals surface area contributed by atoms with Crippen LogP contribution in [0.15, 0.2) is 24.3 Å². The van der Waals surface area contributed by atoms with Crippen LogP contribution in [0.1, 0.15) is 17.3 Å². The van der Waals surface area contributed by atoms with Gasteiger partial charge in [0.2, 0.25) is 0 Å². The molecular weight excluding hydrogens is 288 g/mol. The molecule has 1 aliphatic rings. The number of likely N-dealkylation sites (tertiary alicyclic amines) is 1. The van der Waals surface area contributed by atoms with Crippen LogP contribution in [0.2, 0.25) is 0 Å². The van der Waals surface area contributed by atoms with E-state index in [-0.39, 0.29) is 18.7 Å². The van der Waals surface area contributed by atoms with E-state index in [1.807, 2.05) is 0 Å². The monoisotopic (exact) mass is 308 g/mol. The highest BCUT2D eigenvalue weighted by molar-refractivity contribution is 5.89. The standard InChI is InChI=1S/C15H20N2O5/c1-10(18)7-16-15(20)17-8-13(9-17)22-12-5-3-11(4-6-12)14(19)21-2/h3-6,10,13,18H,7-9H2,1-2H3,(H,16,20)/t10-/m1/s1. The average molecular weight is 308 g/mol. The fourth-order valence-corrected chi connectivity index (χ4v) is 2.01. The molecule has 0 radical (unpaired) electrons. The molecule has 0 aliphatic carbocycles. The highest BCUT2D eigenvalue weighted by atomic mass is 16.5. The van der Waals surface area contributed by atoms with Crippen LogP contribution in [0.3, 0.4) is 0 Å². The normalized spacial score (nSPS) is 15.7. The average Bonchev–Trinajstić information content (AvgIpc) is 2.47. The second kappa shape index (κ2) is 7.13. The zero-order chi connectivity index (χ0) is 16.1. The predicted molar refractivity (Wildman–Crippen MR) is 78.9 cm³/mol. The third-order valence-electron chi connectivity index (χ3n) is 3.26. The Hall–Kier alpha value is -2.28. The quantitative estimate of drug-likeness (QED) is 0.779. The number of aliphatic hydroxyl groups is 1. The number of benzene rings is 1. The number of methoxy groups -OCH3 is 1. The molecular formula is C15H20N2O5. The fraction of sp³-hybridized carbons (Fsp3) is 0.467. The number of ether oxygens (including phenoxy) is 2. The molecule has 0 bridgehead atoms. The smallest absolute Gasteiger partial charge is 0.337 e. The number of hydrogen-bond acceptors (Lipinski definition) is 5. The van der Waals surface area contributed by atoms with Gasteiger partial charge in [-0.15, -0.1) is 0 Å². The van der Waals surface area contributed by atoms with Crippen molar-refractivity contribution in [3.05, 3.63) is 29.8 Å². The predicted octanol–water partition coefficient (Wildman–Crippen LogP) is 0.627. The Morgan fingerprint density at radius 2 is 2.00 bits per heavy atom.